The van der Waals surface area contributed by atoms with E-state index in [0.717, 1.165) is 0 Å². The maximum atomic E-state index is 13.8. The highest BCUT2D eigenvalue weighted by Crippen LogP contribution is 2.38. The highest BCUT2D eigenvalue weighted by molar-refractivity contribution is 5.91. The monoisotopic (exact) mass is 379 g/mol. The molecule has 2 nitrogen and oxygen atoms in total. The largest absolute Gasteiger partial charge is 0.422 e. The molecule has 0 saturated carbocycles. The van der Waals surface area contributed by atoms with E-state index in [1.807, 2.05) is 0 Å². The van der Waals surface area contributed by atoms with E-state index in [-0.39, 0.29) is 6.42 Å². The van der Waals surface area contributed by atoms with E-state index in [1.165, 1.54) is 0 Å². The van der Waals surface area contributed by atoms with Crippen LogP contribution < -0.4 is 5.32 Å². The molecule has 140 valence electrons. The van der Waals surface area contributed by atoms with Crippen molar-refractivity contribution in [1.29, 1.82) is 0 Å². The van der Waals surface area contributed by atoms with Crippen molar-refractivity contribution in [2.24, 2.45) is 0 Å². The van der Waals surface area contributed by atoms with Gasteiger partial charge in [0.2, 0.25) is 5.91 Å². The fourth-order valence-corrected chi connectivity index (χ4v) is 2.36. The Bertz CT molecular complexity index is 789. The molecular formula is C17H12F7NO. The Balaban J connectivity index is 2.28. The van der Waals surface area contributed by atoms with Gasteiger partial charge >= 0.3 is 6.18 Å². The van der Waals surface area contributed by atoms with Crippen LogP contribution in [0, 0.1) is 23.3 Å². The molecule has 0 aliphatic heterocycles. The maximum Gasteiger partial charge on any atom is 0.422 e. The molecule has 0 fully saturated rings. The molecule has 9 heteroatoms. The van der Waals surface area contributed by atoms with Crippen LogP contribution in [0.15, 0.2) is 30.3 Å². The van der Waals surface area contributed by atoms with Gasteiger partial charge < -0.3 is 5.32 Å². The molecule has 0 aliphatic rings. The number of benzene rings is 2. The van der Waals surface area contributed by atoms with Gasteiger partial charge in [0.05, 0.1) is 0 Å². The summed E-state index contributed by atoms with van der Waals surface area (Å²) in [5.74, 6) is -11.3. The number of rotatable bonds is 4. The Labute approximate surface area is 143 Å². The zero-order valence-corrected chi connectivity index (χ0v) is 13.2. The lowest BCUT2D eigenvalue weighted by Gasteiger charge is -2.16. The third-order valence-electron chi connectivity index (χ3n) is 3.67. The van der Waals surface area contributed by atoms with Crippen LogP contribution >= 0.6 is 0 Å². The van der Waals surface area contributed by atoms with Crippen LogP contribution in [0.5, 0.6) is 0 Å². The van der Waals surface area contributed by atoms with E-state index < -0.39 is 52.5 Å². The van der Waals surface area contributed by atoms with Gasteiger partial charge in [-0.25, -0.2) is 17.6 Å². The molecule has 0 bridgehead atoms. The van der Waals surface area contributed by atoms with Crippen molar-refractivity contribution in [3.63, 3.8) is 0 Å². The molecule has 0 radical (unpaired) electrons. The van der Waals surface area contributed by atoms with Gasteiger partial charge in [0, 0.05) is 6.42 Å². The zero-order chi connectivity index (χ0) is 19.6. The van der Waals surface area contributed by atoms with Gasteiger partial charge in [0.25, 0.3) is 0 Å². The lowest BCUT2D eigenvalue weighted by molar-refractivity contribution is -0.143. The summed E-state index contributed by atoms with van der Waals surface area (Å²) in [5, 5.41) is 1.60. The Hall–Kier alpha value is -2.58. The molecule has 0 heterocycles. The Morgan fingerprint density at radius 2 is 1.46 bits per heavy atom. The molecule has 26 heavy (non-hydrogen) atoms. The second kappa shape index (κ2) is 7.35. The normalized spacial score (nSPS) is 12.8. The van der Waals surface area contributed by atoms with Gasteiger partial charge in [-0.15, -0.1) is 0 Å². The summed E-state index contributed by atoms with van der Waals surface area (Å²) in [6.07, 6.45) is -5.95. The average Bonchev–Trinajstić information content (AvgIpc) is 2.56. The van der Waals surface area contributed by atoms with Crippen LogP contribution in [0.4, 0.5) is 36.4 Å². The molecule has 0 spiro atoms. The smallest absolute Gasteiger partial charge is 0.321 e. The molecule has 1 amide bonds. The fourth-order valence-electron chi connectivity index (χ4n) is 2.36. The summed E-state index contributed by atoms with van der Waals surface area (Å²) in [7, 11) is 0. The minimum absolute atomic E-state index is 0.312. The Kier molecular flexibility index (Phi) is 5.58. The predicted octanol–water partition coefficient (Wildman–Crippen LogP) is 5.39. The highest BCUT2D eigenvalue weighted by atomic mass is 19.4. The first kappa shape index (κ1) is 19.7. The molecule has 1 atom stereocenters. The van der Waals surface area contributed by atoms with Crippen LogP contribution in [0.1, 0.15) is 30.4 Å². The molecule has 2 aromatic carbocycles. The fraction of sp³-hybridized carbons (Fsp3) is 0.235. The van der Waals surface area contributed by atoms with Gasteiger partial charge in [-0.3, -0.25) is 4.79 Å². The number of hydrogen-bond acceptors (Lipinski definition) is 1. The topological polar surface area (TPSA) is 29.1 Å². The first-order valence-electron chi connectivity index (χ1n) is 7.32. The van der Waals surface area contributed by atoms with Gasteiger partial charge in [-0.2, -0.15) is 13.2 Å². The number of carbonyl (C=O) groups is 1. The highest BCUT2D eigenvalue weighted by Gasteiger charge is 2.42. The van der Waals surface area contributed by atoms with Crippen molar-refractivity contribution < 1.29 is 35.5 Å². The predicted molar refractivity (Wildman–Crippen MR) is 79.4 cm³/mol. The van der Waals surface area contributed by atoms with Crippen molar-refractivity contribution in [3.8, 4) is 0 Å². The molecular weight excluding hydrogens is 367 g/mol. The number of amides is 1. The minimum atomic E-state index is -5.64. The van der Waals surface area contributed by atoms with E-state index in [4.69, 9.17) is 0 Å². The van der Waals surface area contributed by atoms with Crippen molar-refractivity contribution in [2.75, 3.05) is 5.32 Å². The maximum absolute atomic E-state index is 13.8. The molecule has 0 saturated heterocycles. The second-order valence-electron chi connectivity index (χ2n) is 5.57. The van der Waals surface area contributed by atoms with Gasteiger partial charge in [-0.1, -0.05) is 37.3 Å². The summed E-state index contributed by atoms with van der Waals surface area (Å²) in [5.41, 5.74) is -3.57. The standard InChI is InChI=1S/C17H12F7NO/c1-8(9-5-3-2-4-6-9)7-10(26)25-16-14(20)12(18)11(17(22,23)24)13(19)15(16)21/h2-6,8H,7H2,1H3,(H,25,26). The lowest BCUT2D eigenvalue weighted by Crippen LogP contribution is -2.21. The SMILES string of the molecule is CC(CC(=O)Nc1c(F)c(F)c(C(F)(F)F)c(F)c1F)c1ccccc1. The van der Waals surface area contributed by atoms with E-state index >= 15 is 0 Å². The number of carbonyl (C=O) groups excluding carboxylic acids is 1. The number of anilines is 1. The third-order valence-corrected chi connectivity index (χ3v) is 3.67. The summed E-state index contributed by atoms with van der Waals surface area (Å²) in [6, 6.07) is 8.51. The Morgan fingerprint density at radius 3 is 1.92 bits per heavy atom. The van der Waals surface area contributed by atoms with Gasteiger partial charge in [0.1, 0.15) is 11.3 Å². The number of hydrogen-bond donors (Lipinski definition) is 1. The summed E-state index contributed by atoms with van der Waals surface area (Å²) in [6.45, 7) is 1.62. The first-order chi connectivity index (χ1) is 12.0. The quantitative estimate of drug-likeness (QED) is 0.560. The first-order valence-corrected chi connectivity index (χ1v) is 7.32. The molecule has 2 rings (SSSR count). The molecule has 1 unspecified atom stereocenters. The zero-order valence-electron chi connectivity index (χ0n) is 13.2. The summed E-state index contributed by atoms with van der Waals surface area (Å²) < 4.78 is 92.1. The van der Waals surface area contributed by atoms with E-state index in [2.05, 4.69) is 0 Å². The van der Waals surface area contributed by atoms with E-state index in [9.17, 15) is 35.5 Å². The van der Waals surface area contributed by atoms with Crippen molar-refractivity contribution in [2.45, 2.75) is 25.4 Å². The third kappa shape index (κ3) is 3.97. The van der Waals surface area contributed by atoms with E-state index in [0.29, 0.717) is 5.56 Å². The van der Waals surface area contributed by atoms with Gasteiger partial charge in [0.15, 0.2) is 23.3 Å². The lowest BCUT2D eigenvalue weighted by atomic mass is 9.97. The molecule has 0 aromatic heterocycles. The van der Waals surface area contributed by atoms with Crippen LogP contribution in [0.3, 0.4) is 0 Å². The molecule has 1 N–H and O–H groups in total. The van der Waals surface area contributed by atoms with Crippen LogP contribution in [0.2, 0.25) is 0 Å². The number of halogens is 7. The van der Waals surface area contributed by atoms with Gasteiger partial charge in [-0.05, 0) is 11.5 Å². The number of alkyl halides is 3. The van der Waals surface area contributed by atoms with E-state index in [1.54, 1.807) is 42.6 Å². The average molecular weight is 379 g/mol. The van der Waals surface area contributed by atoms with Crippen LogP contribution in [-0.4, -0.2) is 5.91 Å². The molecule has 0 aliphatic carbocycles. The Morgan fingerprint density at radius 1 is 0.962 bits per heavy atom. The van der Waals surface area contributed by atoms with Crippen LogP contribution in [0.25, 0.3) is 0 Å². The summed E-state index contributed by atoms with van der Waals surface area (Å²) >= 11 is 0. The minimum Gasteiger partial charge on any atom is -0.321 e. The van der Waals surface area contributed by atoms with Crippen LogP contribution in [-0.2, 0) is 11.0 Å². The van der Waals surface area contributed by atoms with Crippen molar-refractivity contribution >= 4 is 11.6 Å². The number of nitrogens with one attached hydrogen (secondary N) is 1. The van der Waals surface area contributed by atoms with Crippen molar-refractivity contribution in [3.05, 3.63) is 64.7 Å². The second-order valence-corrected chi connectivity index (χ2v) is 5.57. The van der Waals surface area contributed by atoms with Crippen molar-refractivity contribution in [1.82, 2.24) is 0 Å². The molecule has 2 aromatic rings. The summed E-state index contributed by atoms with van der Waals surface area (Å²) in [4.78, 5) is 11.9.